The standard InChI is InChI=1S/C16H20F3N5O/c1-15(2,9-20)10-23(3)14(25)13-8-24(22-21-13)12-6-4-5-11(7-12)16(17,18)19/h4-8H,9-10,20H2,1-3H3. The number of benzene rings is 1. The summed E-state index contributed by atoms with van der Waals surface area (Å²) in [7, 11) is 1.61. The van der Waals surface area contributed by atoms with Crippen LogP contribution in [0.1, 0.15) is 29.9 Å². The van der Waals surface area contributed by atoms with Crippen molar-refractivity contribution >= 4 is 5.91 Å². The molecule has 25 heavy (non-hydrogen) atoms. The molecule has 1 aromatic heterocycles. The van der Waals surface area contributed by atoms with Crippen LogP contribution in [0.5, 0.6) is 0 Å². The minimum Gasteiger partial charge on any atom is -0.340 e. The second-order valence-electron chi connectivity index (χ2n) is 6.63. The van der Waals surface area contributed by atoms with Gasteiger partial charge in [0.1, 0.15) is 0 Å². The Kier molecular flexibility index (Phi) is 5.17. The number of halogens is 3. The van der Waals surface area contributed by atoms with Crippen molar-refractivity contribution in [1.29, 1.82) is 0 Å². The number of nitrogens with zero attached hydrogens (tertiary/aromatic N) is 4. The molecule has 1 heterocycles. The van der Waals surface area contributed by atoms with Crippen LogP contribution in [-0.2, 0) is 6.18 Å². The van der Waals surface area contributed by atoms with E-state index in [2.05, 4.69) is 10.3 Å². The van der Waals surface area contributed by atoms with E-state index in [9.17, 15) is 18.0 Å². The molecule has 9 heteroatoms. The SMILES string of the molecule is CN(CC(C)(C)CN)C(=O)c1cn(-c2cccc(C(F)(F)F)c2)nn1. The average molecular weight is 355 g/mol. The Balaban J connectivity index is 2.21. The third-order valence-electron chi connectivity index (χ3n) is 3.72. The van der Waals surface area contributed by atoms with E-state index in [1.165, 1.54) is 23.2 Å². The molecular formula is C16H20F3N5O. The van der Waals surface area contributed by atoms with Crippen LogP contribution in [0.3, 0.4) is 0 Å². The molecule has 0 fully saturated rings. The van der Waals surface area contributed by atoms with Crippen LogP contribution in [0, 0.1) is 5.41 Å². The van der Waals surface area contributed by atoms with Crippen molar-refractivity contribution < 1.29 is 18.0 Å². The number of aromatic nitrogens is 3. The molecule has 1 aromatic carbocycles. The van der Waals surface area contributed by atoms with Gasteiger partial charge in [-0.1, -0.05) is 25.1 Å². The van der Waals surface area contributed by atoms with E-state index in [1.807, 2.05) is 13.8 Å². The molecule has 0 radical (unpaired) electrons. The fourth-order valence-electron chi connectivity index (χ4n) is 2.29. The van der Waals surface area contributed by atoms with Gasteiger partial charge in [0.15, 0.2) is 5.69 Å². The van der Waals surface area contributed by atoms with Crippen molar-refractivity contribution in [3.05, 3.63) is 41.7 Å². The highest BCUT2D eigenvalue weighted by Gasteiger charge is 2.30. The first kappa shape index (κ1) is 18.9. The van der Waals surface area contributed by atoms with Crippen molar-refractivity contribution in [1.82, 2.24) is 19.9 Å². The molecule has 1 amide bonds. The molecule has 0 unspecified atom stereocenters. The Hall–Kier alpha value is -2.42. The maximum atomic E-state index is 12.8. The fourth-order valence-corrected chi connectivity index (χ4v) is 2.29. The normalized spacial score (nSPS) is 12.3. The Morgan fingerprint density at radius 3 is 2.60 bits per heavy atom. The van der Waals surface area contributed by atoms with Crippen LogP contribution >= 0.6 is 0 Å². The highest BCUT2D eigenvalue weighted by molar-refractivity contribution is 5.91. The summed E-state index contributed by atoms with van der Waals surface area (Å²) in [5.41, 5.74) is 4.82. The highest BCUT2D eigenvalue weighted by Crippen LogP contribution is 2.30. The molecule has 2 N–H and O–H groups in total. The monoisotopic (exact) mass is 355 g/mol. The molecule has 0 atom stereocenters. The van der Waals surface area contributed by atoms with E-state index in [4.69, 9.17) is 5.73 Å². The van der Waals surface area contributed by atoms with Crippen molar-refractivity contribution in [3.8, 4) is 5.69 Å². The minimum absolute atomic E-state index is 0.0488. The minimum atomic E-state index is -4.46. The number of hydrogen-bond donors (Lipinski definition) is 1. The summed E-state index contributed by atoms with van der Waals surface area (Å²) in [6.07, 6.45) is -3.15. The van der Waals surface area contributed by atoms with Gasteiger partial charge in [0, 0.05) is 13.6 Å². The zero-order valence-electron chi connectivity index (χ0n) is 14.2. The quantitative estimate of drug-likeness (QED) is 0.893. The predicted molar refractivity (Wildman–Crippen MR) is 86.2 cm³/mol. The molecule has 0 spiro atoms. The average Bonchev–Trinajstić information content (AvgIpc) is 3.03. The number of amides is 1. The molecule has 0 saturated carbocycles. The van der Waals surface area contributed by atoms with Crippen LogP contribution in [0.25, 0.3) is 5.69 Å². The zero-order valence-corrected chi connectivity index (χ0v) is 14.2. The van der Waals surface area contributed by atoms with Crippen LogP contribution in [0.4, 0.5) is 13.2 Å². The van der Waals surface area contributed by atoms with Crippen molar-refractivity contribution in [3.63, 3.8) is 0 Å². The molecule has 0 aliphatic rings. The topological polar surface area (TPSA) is 77.0 Å². The molecular weight excluding hydrogens is 335 g/mol. The third kappa shape index (κ3) is 4.56. The summed E-state index contributed by atoms with van der Waals surface area (Å²) >= 11 is 0. The van der Waals surface area contributed by atoms with Gasteiger partial charge in [-0.2, -0.15) is 13.2 Å². The Labute approximate surface area is 143 Å². The number of nitrogens with two attached hydrogens (primary N) is 1. The molecule has 0 aliphatic heterocycles. The number of hydrogen-bond acceptors (Lipinski definition) is 4. The highest BCUT2D eigenvalue weighted by atomic mass is 19.4. The Morgan fingerprint density at radius 2 is 2.00 bits per heavy atom. The van der Waals surface area contributed by atoms with E-state index in [-0.39, 0.29) is 22.7 Å². The first-order valence-corrected chi connectivity index (χ1v) is 7.59. The van der Waals surface area contributed by atoms with Crippen LogP contribution < -0.4 is 5.73 Å². The van der Waals surface area contributed by atoms with Gasteiger partial charge in [-0.05, 0) is 30.2 Å². The lowest BCUT2D eigenvalue weighted by Crippen LogP contribution is -2.39. The second-order valence-corrected chi connectivity index (χ2v) is 6.63. The zero-order chi connectivity index (χ0) is 18.8. The van der Waals surface area contributed by atoms with Crippen LogP contribution in [0.2, 0.25) is 0 Å². The number of carbonyl (C=O) groups excluding carboxylic acids is 1. The first-order chi connectivity index (χ1) is 11.5. The van der Waals surface area contributed by atoms with E-state index in [1.54, 1.807) is 7.05 Å². The van der Waals surface area contributed by atoms with E-state index >= 15 is 0 Å². The molecule has 0 aliphatic carbocycles. The van der Waals surface area contributed by atoms with Gasteiger partial charge in [-0.15, -0.1) is 5.10 Å². The van der Waals surface area contributed by atoms with Crippen molar-refractivity contribution in [2.75, 3.05) is 20.1 Å². The summed E-state index contributed by atoms with van der Waals surface area (Å²) in [6, 6.07) is 4.65. The lowest BCUT2D eigenvalue weighted by molar-refractivity contribution is -0.137. The van der Waals surface area contributed by atoms with Gasteiger partial charge in [0.25, 0.3) is 5.91 Å². The molecule has 6 nitrogen and oxygen atoms in total. The summed E-state index contributed by atoms with van der Waals surface area (Å²) in [6.45, 7) is 4.67. The fraction of sp³-hybridized carbons (Fsp3) is 0.438. The summed E-state index contributed by atoms with van der Waals surface area (Å²) in [4.78, 5) is 13.9. The lowest BCUT2D eigenvalue weighted by Gasteiger charge is -2.28. The van der Waals surface area contributed by atoms with E-state index in [0.29, 0.717) is 13.1 Å². The second kappa shape index (κ2) is 6.83. The van der Waals surface area contributed by atoms with E-state index < -0.39 is 11.7 Å². The van der Waals surface area contributed by atoms with Crippen LogP contribution in [0.15, 0.2) is 30.5 Å². The number of carbonyl (C=O) groups is 1. The summed E-state index contributed by atoms with van der Waals surface area (Å²) in [5.74, 6) is -0.375. The van der Waals surface area contributed by atoms with Gasteiger partial charge >= 0.3 is 6.18 Å². The maximum Gasteiger partial charge on any atom is 0.416 e. The predicted octanol–water partition coefficient (Wildman–Crippen LogP) is 2.34. The van der Waals surface area contributed by atoms with Crippen molar-refractivity contribution in [2.24, 2.45) is 11.1 Å². The summed E-state index contributed by atoms with van der Waals surface area (Å²) < 4.78 is 39.5. The molecule has 0 saturated heterocycles. The van der Waals surface area contributed by atoms with Gasteiger partial charge in [-0.3, -0.25) is 4.79 Å². The Morgan fingerprint density at radius 1 is 1.32 bits per heavy atom. The smallest absolute Gasteiger partial charge is 0.340 e. The number of alkyl halides is 3. The maximum absolute atomic E-state index is 12.8. The molecule has 0 bridgehead atoms. The van der Waals surface area contributed by atoms with Gasteiger partial charge < -0.3 is 10.6 Å². The lowest BCUT2D eigenvalue weighted by atomic mass is 9.93. The number of rotatable bonds is 5. The largest absolute Gasteiger partial charge is 0.416 e. The van der Waals surface area contributed by atoms with Gasteiger partial charge in [0.05, 0.1) is 17.4 Å². The molecule has 2 aromatic rings. The van der Waals surface area contributed by atoms with E-state index in [0.717, 1.165) is 16.8 Å². The van der Waals surface area contributed by atoms with Gasteiger partial charge in [0.2, 0.25) is 0 Å². The Bertz CT molecular complexity index is 754. The van der Waals surface area contributed by atoms with Crippen LogP contribution in [-0.4, -0.2) is 45.9 Å². The molecule has 2 rings (SSSR count). The molecule has 136 valence electrons. The van der Waals surface area contributed by atoms with Gasteiger partial charge in [-0.25, -0.2) is 4.68 Å². The first-order valence-electron chi connectivity index (χ1n) is 7.59. The van der Waals surface area contributed by atoms with Crippen molar-refractivity contribution in [2.45, 2.75) is 20.0 Å². The third-order valence-corrected chi connectivity index (χ3v) is 3.72. The summed E-state index contributed by atoms with van der Waals surface area (Å²) in [5, 5.41) is 7.53.